The average Bonchev–Trinajstić information content (AvgIpc) is 2.98. The largest absolute Gasteiger partial charge is 0.456 e. The average molecular weight is 412 g/mol. The van der Waals surface area contributed by atoms with Crippen molar-refractivity contribution in [3.63, 3.8) is 0 Å². The van der Waals surface area contributed by atoms with Crippen LogP contribution < -0.4 is 0 Å². The summed E-state index contributed by atoms with van der Waals surface area (Å²) in [6.45, 7) is 18.9. The molecule has 0 N–H and O–H groups in total. The molecule has 2 atom stereocenters. The van der Waals surface area contributed by atoms with E-state index < -0.39 is 26.0 Å². The maximum Gasteiger partial charge on any atom is 0.410 e. The molecule has 1 aliphatic rings. The molecule has 0 aromatic carbocycles. The number of esters is 1. The molecule has 1 fully saturated rings. The van der Waals surface area contributed by atoms with E-state index in [4.69, 9.17) is 13.9 Å². The minimum Gasteiger partial charge on any atom is -0.456 e. The summed E-state index contributed by atoms with van der Waals surface area (Å²) < 4.78 is 17.0. The molecule has 0 aromatic heterocycles. The fourth-order valence-electron chi connectivity index (χ4n) is 2.65. The van der Waals surface area contributed by atoms with E-state index in [1.165, 1.54) is 0 Å². The van der Waals surface area contributed by atoms with Crippen molar-refractivity contribution in [2.75, 3.05) is 13.2 Å². The maximum atomic E-state index is 12.7. The Hall–Kier alpha value is -1.52. The number of ether oxygens (including phenoxy) is 2. The quantitative estimate of drug-likeness (QED) is 0.298. The molecular formula is C21H37NO5Si. The summed E-state index contributed by atoms with van der Waals surface area (Å²) in [5, 5.41) is -0.0216. The van der Waals surface area contributed by atoms with Crippen LogP contribution in [0.5, 0.6) is 0 Å². The summed E-state index contributed by atoms with van der Waals surface area (Å²) in [4.78, 5) is 26.2. The monoisotopic (exact) mass is 411 g/mol. The minimum absolute atomic E-state index is 0.0216. The Morgan fingerprint density at radius 2 is 1.79 bits per heavy atom. The van der Waals surface area contributed by atoms with Gasteiger partial charge in [-0.2, -0.15) is 0 Å². The second kappa shape index (κ2) is 9.32. The van der Waals surface area contributed by atoms with Crippen molar-refractivity contribution >= 4 is 20.4 Å². The van der Waals surface area contributed by atoms with Gasteiger partial charge in [-0.3, -0.25) is 0 Å². The summed E-state index contributed by atoms with van der Waals surface area (Å²) in [7, 11) is -2.17. The molecule has 1 rings (SSSR count). The molecule has 28 heavy (non-hydrogen) atoms. The predicted molar refractivity (Wildman–Crippen MR) is 112 cm³/mol. The predicted octanol–water partition coefficient (Wildman–Crippen LogP) is 4.34. The van der Waals surface area contributed by atoms with Gasteiger partial charge in [0.1, 0.15) is 11.7 Å². The van der Waals surface area contributed by atoms with Gasteiger partial charge in [-0.1, -0.05) is 26.7 Å². The van der Waals surface area contributed by atoms with Gasteiger partial charge in [0, 0.05) is 12.5 Å². The topological polar surface area (TPSA) is 65.1 Å². The molecule has 1 amide bonds. The highest BCUT2D eigenvalue weighted by Crippen LogP contribution is 2.38. The Morgan fingerprint density at radius 3 is 2.29 bits per heavy atom. The van der Waals surface area contributed by atoms with E-state index in [9.17, 15) is 9.59 Å². The van der Waals surface area contributed by atoms with Crippen molar-refractivity contribution in [3.8, 4) is 11.8 Å². The fourth-order valence-corrected chi connectivity index (χ4v) is 3.85. The molecule has 0 unspecified atom stereocenters. The van der Waals surface area contributed by atoms with Crippen molar-refractivity contribution in [2.24, 2.45) is 0 Å². The van der Waals surface area contributed by atoms with Crippen LogP contribution in [0, 0.1) is 11.8 Å². The molecular weight excluding hydrogens is 374 g/mol. The number of hydrogen-bond donors (Lipinski definition) is 0. The molecule has 7 heteroatoms. The molecule has 0 spiro atoms. The highest BCUT2D eigenvalue weighted by Gasteiger charge is 2.44. The van der Waals surface area contributed by atoms with E-state index >= 15 is 0 Å². The van der Waals surface area contributed by atoms with Crippen molar-refractivity contribution in [1.29, 1.82) is 0 Å². The van der Waals surface area contributed by atoms with Gasteiger partial charge in [-0.05, 0) is 58.7 Å². The summed E-state index contributed by atoms with van der Waals surface area (Å²) >= 11 is 0. The summed E-state index contributed by atoms with van der Waals surface area (Å²) in [5.74, 6) is 4.93. The first-order valence-electron chi connectivity index (χ1n) is 10.0. The maximum absolute atomic E-state index is 12.7. The lowest BCUT2D eigenvalue weighted by atomic mass is 10.1. The molecule has 0 radical (unpaired) electrons. The summed E-state index contributed by atoms with van der Waals surface area (Å²) in [6, 6.07) is -0.245. The van der Waals surface area contributed by atoms with Gasteiger partial charge in [0.15, 0.2) is 8.32 Å². The molecule has 0 aliphatic carbocycles. The van der Waals surface area contributed by atoms with Gasteiger partial charge in [-0.25, -0.2) is 9.59 Å². The van der Waals surface area contributed by atoms with Crippen LogP contribution in [0.15, 0.2) is 0 Å². The second-order valence-electron chi connectivity index (χ2n) is 9.67. The number of nitrogens with zero attached hydrogens (tertiary/aromatic N) is 1. The zero-order valence-electron chi connectivity index (χ0n) is 19.0. The normalized spacial score (nSPS) is 18.9. The number of rotatable bonds is 4. The van der Waals surface area contributed by atoms with Gasteiger partial charge in [0.25, 0.3) is 0 Å². The number of carbonyl (C=O) groups excluding carboxylic acids is 2. The van der Waals surface area contributed by atoms with Crippen LogP contribution >= 0.6 is 0 Å². The van der Waals surface area contributed by atoms with Gasteiger partial charge in [0.05, 0.1) is 12.6 Å². The number of carbonyl (C=O) groups is 2. The third-order valence-corrected chi connectivity index (χ3v) is 9.55. The molecule has 1 heterocycles. The number of amides is 1. The zero-order chi connectivity index (χ0) is 21.8. The van der Waals surface area contributed by atoms with Crippen molar-refractivity contribution in [1.82, 2.24) is 4.90 Å². The first kappa shape index (κ1) is 24.5. The van der Waals surface area contributed by atoms with Gasteiger partial charge >= 0.3 is 12.1 Å². The first-order valence-corrected chi connectivity index (χ1v) is 12.9. The fraction of sp³-hybridized carbons (Fsp3) is 0.810. The third-order valence-electron chi connectivity index (χ3n) is 5.10. The second-order valence-corrected chi connectivity index (χ2v) is 14.4. The van der Waals surface area contributed by atoms with E-state index in [-0.39, 0.29) is 23.8 Å². The molecule has 1 saturated heterocycles. The number of hydrogen-bond acceptors (Lipinski definition) is 5. The van der Waals surface area contributed by atoms with E-state index in [1.807, 2.05) is 20.8 Å². The van der Waals surface area contributed by atoms with Crippen LogP contribution in [0.25, 0.3) is 0 Å². The zero-order valence-corrected chi connectivity index (χ0v) is 20.0. The Kier molecular flexibility index (Phi) is 8.16. The molecule has 0 bridgehead atoms. The Balaban J connectivity index is 3.15. The van der Waals surface area contributed by atoms with Gasteiger partial charge in [0.2, 0.25) is 0 Å². The number of likely N-dealkylation sites (tertiary alicyclic amines) is 1. The van der Waals surface area contributed by atoms with Gasteiger partial charge < -0.3 is 18.8 Å². The van der Waals surface area contributed by atoms with Crippen LogP contribution in [0.4, 0.5) is 4.79 Å². The van der Waals surface area contributed by atoms with Crippen molar-refractivity contribution < 1.29 is 23.5 Å². The SMILES string of the molecule is CCOC(=O)C#C[C@H](O[Si](C)(C)C(C)(C)C)[C@@H]1CCCN1C(=O)OC(C)(C)C. The van der Waals surface area contributed by atoms with Crippen LogP contribution in [0.2, 0.25) is 18.1 Å². The summed E-state index contributed by atoms with van der Waals surface area (Å²) in [5.41, 5.74) is -0.573. The highest BCUT2D eigenvalue weighted by molar-refractivity contribution is 6.74. The van der Waals surface area contributed by atoms with Crippen LogP contribution in [-0.4, -0.2) is 56.2 Å². The van der Waals surface area contributed by atoms with Gasteiger partial charge in [-0.15, -0.1) is 0 Å². The van der Waals surface area contributed by atoms with Crippen LogP contribution in [0.3, 0.4) is 0 Å². The molecule has 160 valence electrons. The van der Waals surface area contributed by atoms with Crippen LogP contribution in [-0.2, 0) is 18.7 Å². The van der Waals surface area contributed by atoms with Crippen molar-refractivity contribution in [2.45, 2.75) is 97.2 Å². The molecule has 1 aliphatic heterocycles. The lowest BCUT2D eigenvalue weighted by Gasteiger charge is -2.40. The molecule has 0 saturated carbocycles. The lowest BCUT2D eigenvalue weighted by Crippen LogP contribution is -2.51. The Labute approximate surface area is 171 Å². The standard InChI is InChI=1S/C21H37NO5Si/c1-10-25-18(23)14-13-17(27-28(8,9)21(5,6)7)16-12-11-15-22(16)19(24)26-20(2,3)4/h16-17H,10-12,15H2,1-9H3/t16-,17-/m0/s1. The minimum atomic E-state index is -2.17. The van der Waals surface area contributed by atoms with Crippen molar-refractivity contribution in [3.05, 3.63) is 0 Å². The Bertz CT molecular complexity index is 621. The van der Waals surface area contributed by atoms with Crippen LogP contribution in [0.1, 0.15) is 61.3 Å². The Morgan fingerprint density at radius 1 is 1.18 bits per heavy atom. The third kappa shape index (κ3) is 7.14. The van der Waals surface area contributed by atoms with E-state index in [0.29, 0.717) is 6.54 Å². The summed E-state index contributed by atoms with van der Waals surface area (Å²) in [6.07, 6.45) is 0.690. The van der Waals surface area contributed by atoms with E-state index in [0.717, 1.165) is 12.8 Å². The van der Waals surface area contributed by atoms with E-state index in [1.54, 1.807) is 11.8 Å². The smallest absolute Gasteiger partial charge is 0.410 e. The molecule has 6 nitrogen and oxygen atoms in total. The molecule has 0 aromatic rings. The van der Waals surface area contributed by atoms with E-state index in [2.05, 4.69) is 45.7 Å². The highest BCUT2D eigenvalue weighted by atomic mass is 28.4. The first-order chi connectivity index (χ1) is 12.7. The lowest BCUT2D eigenvalue weighted by molar-refractivity contribution is -0.136.